The summed E-state index contributed by atoms with van der Waals surface area (Å²) in [5.41, 5.74) is 5.94. The van der Waals surface area contributed by atoms with Gasteiger partial charge in [-0.2, -0.15) is 0 Å². The van der Waals surface area contributed by atoms with Gasteiger partial charge in [0.1, 0.15) is 6.26 Å². The van der Waals surface area contributed by atoms with Crippen LogP contribution in [-0.2, 0) is 0 Å². The Morgan fingerprint density at radius 1 is 1.69 bits per heavy atom. The zero-order chi connectivity index (χ0) is 11.5. The average molecular weight is 239 g/mol. The number of rotatable bonds is 2. The standard InChI is InChI=1S/C10H13N3O2S/c11-9(16)7-2-1-4-13(6-7)10(14)8-3-5-15-12-8/h3,5,7H,1-2,4,6H2,(H2,11,16). The Kier molecular flexibility index (Phi) is 3.19. The highest BCUT2D eigenvalue weighted by Gasteiger charge is 2.26. The first kappa shape index (κ1) is 11.1. The molecule has 1 aromatic heterocycles. The van der Waals surface area contributed by atoms with Crippen LogP contribution in [-0.4, -0.2) is 34.0 Å². The molecule has 86 valence electrons. The summed E-state index contributed by atoms with van der Waals surface area (Å²) in [5, 5.41) is 3.63. The van der Waals surface area contributed by atoms with Crippen LogP contribution in [0.25, 0.3) is 0 Å². The number of nitrogens with zero attached hydrogens (tertiary/aromatic N) is 2. The molecule has 2 heterocycles. The Bertz CT molecular complexity index is 391. The molecule has 0 radical (unpaired) electrons. The van der Waals surface area contributed by atoms with E-state index in [1.165, 1.54) is 6.26 Å². The Morgan fingerprint density at radius 2 is 2.50 bits per heavy atom. The Morgan fingerprint density at radius 3 is 3.12 bits per heavy atom. The first-order valence-electron chi connectivity index (χ1n) is 5.17. The van der Waals surface area contributed by atoms with Crippen LogP contribution in [0.5, 0.6) is 0 Å². The van der Waals surface area contributed by atoms with E-state index < -0.39 is 0 Å². The van der Waals surface area contributed by atoms with Gasteiger partial charge in [-0.3, -0.25) is 4.79 Å². The van der Waals surface area contributed by atoms with E-state index in [2.05, 4.69) is 9.68 Å². The summed E-state index contributed by atoms with van der Waals surface area (Å²) in [6.45, 7) is 1.31. The largest absolute Gasteiger partial charge is 0.393 e. The predicted octanol–water partition coefficient (Wildman–Crippen LogP) is 0.813. The molecule has 1 aliphatic rings. The van der Waals surface area contributed by atoms with E-state index in [1.54, 1.807) is 11.0 Å². The third-order valence-electron chi connectivity index (χ3n) is 2.77. The second-order valence-corrected chi connectivity index (χ2v) is 4.35. The van der Waals surface area contributed by atoms with Crippen molar-refractivity contribution >= 4 is 23.1 Å². The third-order valence-corrected chi connectivity index (χ3v) is 3.10. The normalized spacial score (nSPS) is 20.8. The fourth-order valence-electron chi connectivity index (χ4n) is 1.88. The highest BCUT2D eigenvalue weighted by atomic mass is 32.1. The number of amides is 1. The minimum Gasteiger partial charge on any atom is -0.393 e. The summed E-state index contributed by atoms with van der Waals surface area (Å²) in [7, 11) is 0. The number of piperidine rings is 1. The van der Waals surface area contributed by atoms with Gasteiger partial charge in [-0.15, -0.1) is 0 Å². The molecule has 1 saturated heterocycles. The number of nitrogens with two attached hydrogens (primary N) is 1. The summed E-state index contributed by atoms with van der Waals surface area (Å²) < 4.78 is 4.65. The van der Waals surface area contributed by atoms with Crippen molar-refractivity contribution in [2.75, 3.05) is 13.1 Å². The second-order valence-electron chi connectivity index (χ2n) is 3.88. The van der Waals surface area contributed by atoms with Gasteiger partial charge in [0.15, 0.2) is 5.69 Å². The van der Waals surface area contributed by atoms with E-state index >= 15 is 0 Å². The quantitative estimate of drug-likeness (QED) is 0.773. The van der Waals surface area contributed by atoms with Crippen molar-refractivity contribution < 1.29 is 9.32 Å². The van der Waals surface area contributed by atoms with E-state index in [0.29, 0.717) is 17.2 Å². The lowest BCUT2D eigenvalue weighted by Gasteiger charge is -2.31. The molecule has 1 aliphatic heterocycles. The van der Waals surface area contributed by atoms with Crippen LogP contribution in [0.1, 0.15) is 23.3 Å². The number of hydrogen-bond donors (Lipinski definition) is 1. The average Bonchev–Trinajstić information content (AvgIpc) is 2.81. The molecule has 5 nitrogen and oxygen atoms in total. The van der Waals surface area contributed by atoms with E-state index in [4.69, 9.17) is 18.0 Å². The minimum absolute atomic E-state index is 0.116. The van der Waals surface area contributed by atoms with Crippen molar-refractivity contribution in [3.63, 3.8) is 0 Å². The number of aromatic nitrogens is 1. The van der Waals surface area contributed by atoms with E-state index in [9.17, 15) is 4.79 Å². The van der Waals surface area contributed by atoms with Crippen LogP contribution in [0.2, 0.25) is 0 Å². The number of likely N-dealkylation sites (tertiary alicyclic amines) is 1. The molecule has 0 saturated carbocycles. The van der Waals surface area contributed by atoms with E-state index in [1.807, 2.05) is 0 Å². The molecule has 2 rings (SSSR count). The van der Waals surface area contributed by atoms with Crippen LogP contribution >= 0.6 is 12.2 Å². The molecule has 1 aromatic rings. The fourth-order valence-corrected chi connectivity index (χ4v) is 2.07. The van der Waals surface area contributed by atoms with Crippen molar-refractivity contribution in [2.24, 2.45) is 11.7 Å². The van der Waals surface area contributed by atoms with Gasteiger partial charge in [0.25, 0.3) is 5.91 Å². The minimum atomic E-state index is -0.116. The Hall–Kier alpha value is -1.43. The van der Waals surface area contributed by atoms with Crippen LogP contribution in [0.4, 0.5) is 0 Å². The molecule has 0 spiro atoms. The molecule has 1 atom stereocenters. The van der Waals surface area contributed by atoms with Gasteiger partial charge in [-0.25, -0.2) is 0 Å². The smallest absolute Gasteiger partial charge is 0.276 e. The van der Waals surface area contributed by atoms with Crippen LogP contribution in [0.3, 0.4) is 0 Å². The van der Waals surface area contributed by atoms with Gasteiger partial charge in [-0.1, -0.05) is 17.4 Å². The first-order chi connectivity index (χ1) is 7.68. The van der Waals surface area contributed by atoms with Gasteiger partial charge in [0.2, 0.25) is 0 Å². The third kappa shape index (κ3) is 2.21. The number of carbonyl (C=O) groups is 1. The second kappa shape index (κ2) is 4.61. The predicted molar refractivity (Wildman–Crippen MR) is 61.9 cm³/mol. The molecular formula is C10H13N3O2S. The maximum absolute atomic E-state index is 11.9. The van der Waals surface area contributed by atoms with Gasteiger partial charge in [0.05, 0.1) is 4.99 Å². The molecule has 1 fully saturated rings. The fraction of sp³-hybridized carbons (Fsp3) is 0.500. The number of hydrogen-bond acceptors (Lipinski definition) is 4. The monoisotopic (exact) mass is 239 g/mol. The molecule has 0 aromatic carbocycles. The zero-order valence-corrected chi connectivity index (χ0v) is 9.57. The van der Waals surface area contributed by atoms with E-state index in [0.717, 1.165) is 19.4 Å². The van der Waals surface area contributed by atoms with Crippen LogP contribution in [0, 0.1) is 5.92 Å². The highest BCUT2D eigenvalue weighted by Crippen LogP contribution is 2.18. The van der Waals surface area contributed by atoms with Crippen molar-refractivity contribution in [3.05, 3.63) is 18.0 Å². The lowest BCUT2D eigenvalue weighted by Crippen LogP contribution is -2.43. The van der Waals surface area contributed by atoms with Crippen molar-refractivity contribution in [1.29, 1.82) is 0 Å². The highest BCUT2D eigenvalue weighted by molar-refractivity contribution is 7.80. The van der Waals surface area contributed by atoms with Crippen molar-refractivity contribution in [3.8, 4) is 0 Å². The Labute approximate surface area is 98.6 Å². The molecule has 1 amide bonds. The molecular weight excluding hydrogens is 226 g/mol. The summed E-state index contributed by atoms with van der Waals surface area (Å²) >= 11 is 4.96. The lowest BCUT2D eigenvalue weighted by molar-refractivity contribution is 0.0693. The summed E-state index contributed by atoms with van der Waals surface area (Å²) in [5.74, 6) is 0.00861. The van der Waals surface area contributed by atoms with E-state index in [-0.39, 0.29) is 11.8 Å². The van der Waals surface area contributed by atoms with Gasteiger partial charge in [-0.05, 0) is 12.8 Å². The number of thiocarbonyl (C=S) groups is 1. The molecule has 2 N–H and O–H groups in total. The van der Waals surface area contributed by atoms with Crippen molar-refractivity contribution in [2.45, 2.75) is 12.8 Å². The van der Waals surface area contributed by atoms with Crippen LogP contribution in [0.15, 0.2) is 16.9 Å². The molecule has 1 unspecified atom stereocenters. The molecule has 0 aliphatic carbocycles. The zero-order valence-electron chi connectivity index (χ0n) is 8.76. The number of carbonyl (C=O) groups excluding carboxylic acids is 1. The topological polar surface area (TPSA) is 72.4 Å². The maximum atomic E-state index is 11.9. The molecule has 16 heavy (non-hydrogen) atoms. The van der Waals surface area contributed by atoms with Gasteiger partial charge >= 0.3 is 0 Å². The summed E-state index contributed by atoms with van der Waals surface area (Å²) in [4.78, 5) is 14.2. The van der Waals surface area contributed by atoms with Gasteiger partial charge < -0.3 is 15.2 Å². The van der Waals surface area contributed by atoms with Crippen LogP contribution < -0.4 is 5.73 Å². The molecule has 0 bridgehead atoms. The Balaban J connectivity index is 2.05. The van der Waals surface area contributed by atoms with Crippen molar-refractivity contribution in [1.82, 2.24) is 10.1 Å². The van der Waals surface area contributed by atoms with Gasteiger partial charge in [0, 0.05) is 25.1 Å². The lowest BCUT2D eigenvalue weighted by atomic mass is 9.98. The summed E-state index contributed by atoms with van der Waals surface area (Å²) in [6, 6.07) is 1.56. The molecule has 6 heteroatoms. The summed E-state index contributed by atoms with van der Waals surface area (Å²) in [6.07, 6.45) is 3.27. The SMILES string of the molecule is NC(=S)C1CCCN(C(=O)c2ccon2)C1. The first-order valence-corrected chi connectivity index (χ1v) is 5.58. The maximum Gasteiger partial charge on any atom is 0.276 e.